The molecule has 2 aromatic heterocycles. The smallest absolute Gasteiger partial charge is 0.425 e. The highest BCUT2D eigenvalue weighted by atomic mass is 35.5. The number of hydrogen-bond donors (Lipinski definition) is 0. The van der Waals surface area contributed by atoms with Gasteiger partial charge in [0.25, 0.3) is 5.91 Å². The second kappa shape index (κ2) is 8.95. The highest BCUT2D eigenvalue weighted by Gasteiger charge is 2.39. The standard InChI is InChI=1S/C22H16ClF4N5O2/c1-12(22(25,26)27)34-18-3-2-13(8-28)20(23)19(18)21(33)31-7-5-16-14(10-31)11-32(30-16)17-4-6-29-9-15(17)24/h2-4,6,9,11-12H,5,7,10H2,1H3/t12-/m0/s1. The summed E-state index contributed by atoms with van der Waals surface area (Å²) in [6.07, 6.45) is -2.50. The van der Waals surface area contributed by atoms with Gasteiger partial charge in [-0.3, -0.25) is 9.78 Å². The summed E-state index contributed by atoms with van der Waals surface area (Å²) >= 11 is 6.23. The molecule has 176 valence electrons. The lowest BCUT2D eigenvalue weighted by molar-refractivity contribution is -0.189. The predicted molar refractivity (Wildman–Crippen MR) is 112 cm³/mol. The zero-order valence-electron chi connectivity index (χ0n) is 17.6. The van der Waals surface area contributed by atoms with E-state index in [1.807, 2.05) is 6.07 Å². The number of aromatic nitrogens is 3. The normalized spacial score (nSPS) is 14.3. The summed E-state index contributed by atoms with van der Waals surface area (Å²) in [7, 11) is 0. The number of hydrogen-bond acceptors (Lipinski definition) is 5. The Morgan fingerprint density at radius 1 is 1.32 bits per heavy atom. The van der Waals surface area contributed by atoms with E-state index >= 15 is 0 Å². The summed E-state index contributed by atoms with van der Waals surface area (Å²) in [5, 5.41) is 13.4. The Bertz CT molecular complexity index is 1300. The number of rotatable bonds is 4. The Labute approximate surface area is 196 Å². The Morgan fingerprint density at radius 3 is 2.76 bits per heavy atom. The van der Waals surface area contributed by atoms with E-state index < -0.39 is 24.0 Å². The molecule has 12 heteroatoms. The molecule has 7 nitrogen and oxygen atoms in total. The van der Waals surface area contributed by atoms with Gasteiger partial charge in [-0.2, -0.15) is 23.5 Å². The summed E-state index contributed by atoms with van der Waals surface area (Å²) < 4.78 is 59.6. The predicted octanol–water partition coefficient (Wildman–Crippen LogP) is 4.46. The van der Waals surface area contributed by atoms with Crippen LogP contribution in [0, 0.1) is 17.1 Å². The van der Waals surface area contributed by atoms with Gasteiger partial charge in [-0.05, 0) is 25.1 Å². The van der Waals surface area contributed by atoms with Crippen molar-refractivity contribution in [2.75, 3.05) is 6.54 Å². The van der Waals surface area contributed by atoms with Gasteiger partial charge in [-0.15, -0.1) is 0 Å². The zero-order valence-corrected chi connectivity index (χ0v) is 18.4. The van der Waals surface area contributed by atoms with Crippen LogP contribution in [0.2, 0.25) is 5.02 Å². The minimum absolute atomic E-state index is 0.0578. The molecule has 1 aliphatic heterocycles. The van der Waals surface area contributed by atoms with Gasteiger partial charge < -0.3 is 9.64 Å². The fraction of sp³-hybridized carbons (Fsp3) is 0.273. The minimum atomic E-state index is -4.67. The fourth-order valence-corrected chi connectivity index (χ4v) is 3.80. The summed E-state index contributed by atoms with van der Waals surface area (Å²) in [6, 6.07) is 5.58. The Morgan fingerprint density at radius 2 is 2.09 bits per heavy atom. The van der Waals surface area contributed by atoms with Crippen LogP contribution in [0.5, 0.6) is 5.75 Å². The maximum atomic E-state index is 14.1. The van der Waals surface area contributed by atoms with Crippen molar-refractivity contribution in [1.29, 1.82) is 5.26 Å². The molecule has 0 bridgehead atoms. The molecular formula is C22H16ClF4N5O2. The minimum Gasteiger partial charge on any atom is -0.480 e. The van der Waals surface area contributed by atoms with Crippen molar-refractivity contribution in [3.63, 3.8) is 0 Å². The number of pyridine rings is 1. The lowest BCUT2D eigenvalue weighted by atomic mass is 10.0. The molecule has 1 amide bonds. The van der Waals surface area contributed by atoms with Crippen LogP contribution in [0.25, 0.3) is 5.69 Å². The van der Waals surface area contributed by atoms with Gasteiger partial charge in [-0.1, -0.05) is 11.6 Å². The van der Waals surface area contributed by atoms with Crippen LogP contribution < -0.4 is 4.74 Å². The average Bonchev–Trinajstić information content (AvgIpc) is 3.21. The van der Waals surface area contributed by atoms with Crippen molar-refractivity contribution < 1.29 is 27.1 Å². The summed E-state index contributed by atoms with van der Waals surface area (Å²) in [6.45, 7) is 1.05. The van der Waals surface area contributed by atoms with Gasteiger partial charge in [0.15, 0.2) is 11.9 Å². The number of nitrogens with zero attached hydrogens (tertiary/aromatic N) is 5. The molecule has 0 unspecified atom stereocenters. The van der Waals surface area contributed by atoms with E-state index in [0.717, 1.165) is 19.2 Å². The molecule has 0 saturated carbocycles. The van der Waals surface area contributed by atoms with Crippen molar-refractivity contribution in [3.8, 4) is 17.5 Å². The van der Waals surface area contributed by atoms with Gasteiger partial charge >= 0.3 is 6.18 Å². The van der Waals surface area contributed by atoms with E-state index in [2.05, 4.69) is 10.1 Å². The average molecular weight is 494 g/mol. The molecule has 1 aliphatic rings. The maximum absolute atomic E-state index is 14.1. The van der Waals surface area contributed by atoms with E-state index in [-0.39, 0.29) is 40.7 Å². The second-order valence-corrected chi connectivity index (χ2v) is 7.94. The van der Waals surface area contributed by atoms with Crippen LogP contribution in [0.3, 0.4) is 0 Å². The number of carbonyl (C=O) groups excluding carboxylic acids is 1. The molecule has 0 spiro atoms. The first-order valence-corrected chi connectivity index (χ1v) is 10.4. The quantitative estimate of drug-likeness (QED) is 0.501. The maximum Gasteiger partial charge on any atom is 0.425 e. The molecule has 34 heavy (non-hydrogen) atoms. The Kier molecular flexibility index (Phi) is 6.18. The highest BCUT2D eigenvalue weighted by molar-refractivity contribution is 6.35. The number of benzene rings is 1. The molecule has 3 heterocycles. The zero-order chi connectivity index (χ0) is 24.6. The number of fused-ring (bicyclic) bond motifs is 1. The van der Waals surface area contributed by atoms with Crippen molar-refractivity contribution >= 4 is 17.5 Å². The molecule has 0 radical (unpaired) electrons. The third-order valence-electron chi connectivity index (χ3n) is 5.34. The van der Waals surface area contributed by atoms with Gasteiger partial charge in [0.05, 0.1) is 22.5 Å². The van der Waals surface area contributed by atoms with Crippen molar-refractivity contribution in [3.05, 3.63) is 70.0 Å². The Hall–Kier alpha value is -3.65. The van der Waals surface area contributed by atoms with Crippen LogP contribution in [-0.2, 0) is 13.0 Å². The Balaban J connectivity index is 1.65. The van der Waals surface area contributed by atoms with Gasteiger partial charge in [-0.25, -0.2) is 9.07 Å². The number of alkyl halides is 3. The van der Waals surface area contributed by atoms with Gasteiger partial charge in [0.2, 0.25) is 0 Å². The monoisotopic (exact) mass is 493 g/mol. The molecule has 0 N–H and O–H groups in total. The van der Waals surface area contributed by atoms with E-state index in [1.165, 1.54) is 27.9 Å². The first-order valence-electron chi connectivity index (χ1n) is 10.0. The van der Waals surface area contributed by atoms with Crippen LogP contribution in [-0.4, -0.2) is 44.4 Å². The third kappa shape index (κ3) is 4.41. The largest absolute Gasteiger partial charge is 0.480 e. The first kappa shape index (κ1) is 23.5. The summed E-state index contributed by atoms with van der Waals surface area (Å²) in [4.78, 5) is 18.4. The summed E-state index contributed by atoms with van der Waals surface area (Å²) in [5.74, 6) is -1.64. The third-order valence-corrected chi connectivity index (χ3v) is 5.74. The van der Waals surface area contributed by atoms with Crippen LogP contribution >= 0.6 is 11.6 Å². The van der Waals surface area contributed by atoms with Crippen LogP contribution in [0.15, 0.2) is 36.8 Å². The van der Waals surface area contributed by atoms with Crippen molar-refractivity contribution in [2.24, 2.45) is 0 Å². The van der Waals surface area contributed by atoms with Gasteiger partial charge in [0.1, 0.15) is 23.1 Å². The fourth-order valence-electron chi connectivity index (χ4n) is 3.52. The lowest BCUT2D eigenvalue weighted by Gasteiger charge is -2.28. The number of amides is 1. The lowest BCUT2D eigenvalue weighted by Crippen LogP contribution is -2.37. The topological polar surface area (TPSA) is 84.0 Å². The number of carbonyl (C=O) groups is 1. The SMILES string of the molecule is C[C@H](Oc1ccc(C#N)c(Cl)c1C(=O)N1CCc2nn(-c3ccncc3F)cc2C1)C(F)(F)F. The second-order valence-electron chi connectivity index (χ2n) is 7.56. The number of halogens is 5. The molecule has 1 atom stereocenters. The van der Waals surface area contributed by atoms with E-state index in [4.69, 9.17) is 16.3 Å². The van der Waals surface area contributed by atoms with E-state index in [0.29, 0.717) is 17.7 Å². The first-order chi connectivity index (χ1) is 16.1. The van der Waals surface area contributed by atoms with E-state index in [9.17, 15) is 27.6 Å². The molecule has 4 rings (SSSR count). The van der Waals surface area contributed by atoms with Crippen molar-refractivity contribution in [2.45, 2.75) is 32.2 Å². The van der Waals surface area contributed by atoms with Gasteiger partial charge in [0, 0.05) is 37.5 Å². The van der Waals surface area contributed by atoms with Crippen molar-refractivity contribution in [1.82, 2.24) is 19.7 Å². The van der Waals surface area contributed by atoms with E-state index in [1.54, 1.807) is 6.20 Å². The molecule has 1 aromatic carbocycles. The number of ether oxygens (including phenoxy) is 1. The molecule has 0 saturated heterocycles. The summed E-state index contributed by atoms with van der Waals surface area (Å²) in [5.41, 5.74) is 1.07. The molecular weight excluding hydrogens is 478 g/mol. The molecule has 3 aromatic rings. The van der Waals surface area contributed by atoms with Crippen LogP contribution in [0.4, 0.5) is 17.6 Å². The highest BCUT2D eigenvalue weighted by Crippen LogP contribution is 2.35. The van der Waals surface area contributed by atoms with Crippen LogP contribution in [0.1, 0.15) is 34.1 Å². The molecule has 0 aliphatic carbocycles. The number of nitriles is 1. The molecule has 0 fully saturated rings.